The van der Waals surface area contributed by atoms with E-state index in [-0.39, 0.29) is 0 Å². The third-order valence-corrected chi connectivity index (χ3v) is 3.62. The van der Waals surface area contributed by atoms with Crippen LogP contribution < -0.4 is 5.32 Å². The zero-order valence-electron chi connectivity index (χ0n) is 11.3. The van der Waals surface area contributed by atoms with Crippen LogP contribution in [0, 0.1) is 5.92 Å². The Morgan fingerprint density at radius 1 is 1.28 bits per heavy atom. The Bertz CT molecular complexity index is 499. The van der Waals surface area contributed by atoms with Crippen molar-refractivity contribution in [3.05, 3.63) is 18.7 Å². The molecule has 0 aliphatic rings. The molecular formula is C13H20N4S. The number of thiazole rings is 1. The fraction of sp³-hybridized carbons (Fsp3) is 0.538. The van der Waals surface area contributed by atoms with Gasteiger partial charge in [-0.2, -0.15) is 0 Å². The summed E-state index contributed by atoms with van der Waals surface area (Å²) in [4.78, 5) is 9.80. The van der Waals surface area contributed by atoms with Gasteiger partial charge in [0.25, 0.3) is 0 Å². The number of rotatable bonds is 5. The molecule has 0 fully saturated rings. The van der Waals surface area contributed by atoms with Gasteiger partial charge in [-0.1, -0.05) is 25.2 Å². The summed E-state index contributed by atoms with van der Waals surface area (Å²) >= 11 is 1.68. The lowest BCUT2D eigenvalue weighted by atomic mass is 10.2. The minimum Gasteiger partial charge on any atom is -0.361 e. The monoisotopic (exact) mass is 264 g/mol. The Kier molecular flexibility index (Phi) is 4.01. The molecule has 0 atom stereocenters. The topological polar surface area (TPSA) is 42.7 Å². The molecule has 0 amide bonds. The molecule has 0 aliphatic heterocycles. The number of anilines is 1. The molecule has 0 aromatic carbocycles. The number of nitrogens with zero attached hydrogens (tertiary/aromatic N) is 3. The number of imidazole rings is 1. The van der Waals surface area contributed by atoms with Crippen molar-refractivity contribution in [3.63, 3.8) is 0 Å². The highest BCUT2D eigenvalue weighted by Gasteiger charge is 2.11. The van der Waals surface area contributed by atoms with E-state index in [1.165, 1.54) is 0 Å². The Hall–Kier alpha value is -1.36. The van der Waals surface area contributed by atoms with E-state index in [4.69, 9.17) is 0 Å². The zero-order chi connectivity index (χ0) is 13.1. The van der Waals surface area contributed by atoms with Gasteiger partial charge in [-0.05, 0) is 19.8 Å². The van der Waals surface area contributed by atoms with Gasteiger partial charge in [0.15, 0.2) is 5.13 Å². The molecule has 98 valence electrons. The minimum absolute atomic E-state index is 0.414. The van der Waals surface area contributed by atoms with Crippen LogP contribution in [0.1, 0.15) is 33.7 Å². The molecule has 0 radical (unpaired) electrons. The molecular weight excluding hydrogens is 244 g/mol. The van der Waals surface area contributed by atoms with E-state index < -0.39 is 0 Å². The molecule has 0 spiro atoms. The molecule has 5 heteroatoms. The highest BCUT2D eigenvalue weighted by Crippen LogP contribution is 2.30. The molecule has 1 N–H and O–H groups in total. The molecule has 0 saturated carbocycles. The second-order valence-electron chi connectivity index (χ2n) is 5.08. The van der Waals surface area contributed by atoms with Crippen molar-refractivity contribution >= 4 is 16.5 Å². The number of nitrogens with one attached hydrogen (secondary N) is 1. The maximum Gasteiger partial charge on any atom is 0.183 e. The van der Waals surface area contributed by atoms with Gasteiger partial charge in [-0.15, -0.1) is 0 Å². The third-order valence-electron chi connectivity index (χ3n) is 2.64. The quantitative estimate of drug-likeness (QED) is 0.896. The van der Waals surface area contributed by atoms with E-state index in [1.54, 1.807) is 11.3 Å². The van der Waals surface area contributed by atoms with Crippen LogP contribution in [-0.4, -0.2) is 21.1 Å². The van der Waals surface area contributed by atoms with E-state index >= 15 is 0 Å². The van der Waals surface area contributed by atoms with Gasteiger partial charge in [-0.25, -0.2) is 9.97 Å². The smallest absolute Gasteiger partial charge is 0.183 e. The summed E-state index contributed by atoms with van der Waals surface area (Å²) in [6.45, 7) is 9.65. The highest BCUT2D eigenvalue weighted by molar-refractivity contribution is 7.18. The normalized spacial score (nSPS) is 11.4. The van der Waals surface area contributed by atoms with Gasteiger partial charge in [0, 0.05) is 18.8 Å². The van der Waals surface area contributed by atoms with E-state index in [0.29, 0.717) is 12.0 Å². The van der Waals surface area contributed by atoms with Gasteiger partial charge in [-0.3, -0.25) is 0 Å². The Morgan fingerprint density at radius 3 is 2.72 bits per heavy atom. The lowest BCUT2D eigenvalue weighted by molar-refractivity contribution is 0.606. The summed E-state index contributed by atoms with van der Waals surface area (Å²) in [7, 11) is 0. The van der Waals surface area contributed by atoms with Crippen LogP contribution in [0.5, 0.6) is 0 Å². The van der Waals surface area contributed by atoms with Crippen LogP contribution in [0.4, 0.5) is 5.13 Å². The van der Waals surface area contributed by atoms with Crippen LogP contribution in [0.15, 0.2) is 18.7 Å². The predicted molar refractivity (Wildman–Crippen MR) is 77.0 cm³/mol. The molecule has 0 saturated heterocycles. The van der Waals surface area contributed by atoms with Gasteiger partial charge < -0.3 is 9.88 Å². The first-order valence-corrected chi connectivity index (χ1v) is 7.11. The molecule has 0 bridgehead atoms. The first kappa shape index (κ1) is 13.1. The predicted octanol–water partition coefficient (Wildman–Crippen LogP) is 3.66. The summed E-state index contributed by atoms with van der Waals surface area (Å²) < 4.78 is 2.17. The van der Waals surface area contributed by atoms with E-state index in [9.17, 15) is 0 Å². The lowest BCUT2D eigenvalue weighted by Crippen LogP contribution is -2.07. The van der Waals surface area contributed by atoms with Crippen molar-refractivity contribution in [1.29, 1.82) is 0 Å². The van der Waals surface area contributed by atoms with Crippen LogP contribution in [0.2, 0.25) is 0 Å². The van der Waals surface area contributed by atoms with Crippen LogP contribution in [0.25, 0.3) is 10.6 Å². The number of hydrogen-bond donors (Lipinski definition) is 1. The number of aromatic nitrogens is 3. The summed E-state index contributed by atoms with van der Waals surface area (Å²) in [5.74, 6) is 0.624. The van der Waals surface area contributed by atoms with Crippen molar-refractivity contribution in [3.8, 4) is 10.6 Å². The Morgan fingerprint density at radius 2 is 2.06 bits per heavy atom. The van der Waals surface area contributed by atoms with Crippen molar-refractivity contribution in [2.24, 2.45) is 5.92 Å². The molecule has 0 aliphatic carbocycles. The summed E-state index contributed by atoms with van der Waals surface area (Å²) in [6.07, 6.45) is 5.70. The standard InChI is InChI=1S/C13H20N4S/c1-9(2)5-15-13-16-7-12(18-13)11-6-14-8-17(11)10(3)4/h6-10H,5H2,1-4H3,(H,15,16). The van der Waals surface area contributed by atoms with Crippen molar-refractivity contribution in [2.75, 3.05) is 11.9 Å². The maximum absolute atomic E-state index is 4.41. The summed E-state index contributed by atoms with van der Waals surface area (Å²) in [5, 5.41) is 4.33. The van der Waals surface area contributed by atoms with Crippen LogP contribution in [-0.2, 0) is 0 Å². The SMILES string of the molecule is CC(C)CNc1ncc(-c2cncn2C(C)C)s1. The first-order valence-electron chi connectivity index (χ1n) is 6.30. The average Bonchev–Trinajstić information content (AvgIpc) is 2.94. The summed E-state index contributed by atoms with van der Waals surface area (Å²) in [6, 6.07) is 0.414. The fourth-order valence-electron chi connectivity index (χ4n) is 1.67. The first-order chi connectivity index (χ1) is 8.58. The number of hydrogen-bond acceptors (Lipinski definition) is 4. The summed E-state index contributed by atoms with van der Waals surface area (Å²) in [5.41, 5.74) is 1.14. The van der Waals surface area contributed by atoms with Crippen LogP contribution >= 0.6 is 11.3 Å². The molecule has 2 rings (SSSR count). The largest absolute Gasteiger partial charge is 0.361 e. The van der Waals surface area contributed by atoms with Gasteiger partial charge in [0.05, 0.1) is 23.1 Å². The Labute approximate surface area is 112 Å². The van der Waals surface area contributed by atoms with E-state index in [2.05, 4.69) is 47.5 Å². The van der Waals surface area contributed by atoms with Gasteiger partial charge >= 0.3 is 0 Å². The molecule has 0 unspecified atom stereocenters. The Balaban J connectivity index is 2.16. The van der Waals surface area contributed by atoms with Gasteiger partial charge in [0.2, 0.25) is 0 Å². The highest BCUT2D eigenvalue weighted by atomic mass is 32.1. The fourth-order valence-corrected chi connectivity index (χ4v) is 2.51. The van der Waals surface area contributed by atoms with E-state index in [1.807, 2.05) is 18.7 Å². The average molecular weight is 264 g/mol. The van der Waals surface area contributed by atoms with Gasteiger partial charge in [0.1, 0.15) is 0 Å². The molecule has 2 heterocycles. The molecule has 4 nitrogen and oxygen atoms in total. The molecule has 2 aromatic rings. The second kappa shape index (κ2) is 5.52. The van der Waals surface area contributed by atoms with Crippen LogP contribution in [0.3, 0.4) is 0 Å². The van der Waals surface area contributed by atoms with Crippen molar-refractivity contribution in [2.45, 2.75) is 33.7 Å². The molecule has 2 aromatic heterocycles. The minimum atomic E-state index is 0.414. The lowest BCUT2D eigenvalue weighted by Gasteiger charge is -2.09. The third kappa shape index (κ3) is 2.90. The second-order valence-corrected chi connectivity index (χ2v) is 6.11. The zero-order valence-corrected chi connectivity index (χ0v) is 12.2. The maximum atomic E-state index is 4.41. The van der Waals surface area contributed by atoms with Crippen molar-refractivity contribution in [1.82, 2.24) is 14.5 Å². The van der Waals surface area contributed by atoms with E-state index in [0.717, 1.165) is 22.2 Å². The molecule has 18 heavy (non-hydrogen) atoms. The van der Waals surface area contributed by atoms with Crippen molar-refractivity contribution < 1.29 is 0 Å².